The highest BCUT2D eigenvalue weighted by Gasteiger charge is 2.09. The van der Waals surface area contributed by atoms with Gasteiger partial charge in [0.05, 0.1) is 10.2 Å². The summed E-state index contributed by atoms with van der Waals surface area (Å²) in [6, 6.07) is 13.7. The Kier molecular flexibility index (Phi) is 5.88. The first kappa shape index (κ1) is 18.1. The number of ether oxygens (including phenoxy) is 1. The minimum atomic E-state index is -0.307. The number of carbonyl (C=O) groups excluding carboxylic acids is 1. The molecule has 0 bridgehead atoms. The number of nitrogens with one attached hydrogen (secondary N) is 1. The molecule has 0 atom stereocenters. The van der Waals surface area contributed by atoms with E-state index >= 15 is 0 Å². The van der Waals surface area contributed by atoms with Gasteiger partial charge in [0.15, 0.2) is 6.61 Å². The minimum absolute atomic E-state index is 0.109. The highest BCUT2D eigenvalue weighted by Crippen LogP contribution is 2.34. The minimum Gasteiger partial charge on any atom is -0.483 e. The SMILES string of the molecule is CC(=NNC(=O)COc1ccc2cc(Br)ccc2c1Br)c1cccs1. The summed E-state index contributed by atoms with van der Waals surface area (Å²) in [5, 5.41) is 8.16. The van der Waals surface area contributed by atoms with E-state index in [1.165, 1.54) is 0 Å². The number of hydrogen-bond donors (Lipinski definition) is 1. The molecule has 0 fully saturated rings. The lowest BCUT2D eigenvalue weighted by Gasteiger charge is -2.10. The molecule has 0 radical (unpaired) electrons. The van der Waals surface area contributed by atoms with Gasteiger partial charge in [0, 0.05) is 9.35 Å². The Morgan fingerprint density at radius 2 is 2.08 bits per heavy atom. The summed E-state index contributed by atoms with van der Waals surface area (Å²) in [5.74, 6) is 0.308. The molecule has 1 heterocycles. The van der Waals surface area contributed by atoms with E-state index in [-0.39, 0.29) is 12.5 Å². The summed E-state index contributed by atoms with van der Waals surface area (Å²) in [6.07, 6.45) is 0. The molecule has 4 nitrogen and oxygen atoms in total. The van der Waals surface area contributed by atoms with Crippen LogP contribution in [0.1, 0.15) is 11.8 Å². The zero-order valence-corrected chi connectivity index (χ0v) is 17.2. The van der Waals surface area contributed by atoms with Gasteiger partial charge < -0.3 is 4.74 Å². The van der Waals surface area contributed by atoms with Crippen LogP contribution in [-0.2, 0) is 4.79 Å². The van der Waals surface area contributed by atoms with Gasteiger partial charge in [0.1, 0.15) is 5.75 Å². The van der Waals surface area contributed by atoms with Crippen molar-refractivity contribution in [2.24, 2.45) is 5.10 Å². The second-order valence-electron chi connectivity index (χ2n) is 5.24. The summed E-state index contributed by atoms with van der Waals surface area (Å²) in [5.41, 5.74) is 3.28. The molecule has 3 rings (SSSR count). The van der Waals surface area contributed by atoms with Gasteiger partial charge in [0.25, 0.3) is 5.91 Å². The monoisotopic (exact) mass is 480 g/mol. The largest absolute Gasteiger partial charge is 0.483 e. The second-order valence-corrected chi connectivity index (χ2v) is 7.90. The molecule has 0 aliphatic heterocycles. The number of nitrogens with zero attached hydrogens (tertiary/aromatic N) is 1. The average Bonchev–Trinajstić information content (AvgIpc) is 3.13. The summed E-state index contributed by atoms with van der Waals surface area (Å²) in [6.45, 7) is 1.74. The number of carbonyl (C=O) groups is 1. The lowest BCUT2D eigenvalue weighted by atomic mass is 10.1. The maximum absolute atomic E-state index is 11.9. The Hall–Kier alpha value is -1.70. The van der Waals surface area contributed by atoms with Crippen molar-refractivity contribution in [1.82, 2.24) is 5.43 Å². The Morgan fingerprint density at radius 3 is 2.84 bits per heavy atom. The van der Waals surface area contributed by atoms with Crippen molar-refractivity contribution >= 4 is 65.6 Å². The zero-order valence-electron chi connectivity index (χ0n) is 13.3. The lowest BCUT2D eigenvalue weighted by molar-refractivity contribution is -0.123. The number of amides is 1. The Balaban J connectivity index is 1.64. The van der Waals surface area contributed by atoms with E-state index in [9.17, 15) is 4.79 Å². The average molecular weight is 482 g/mol. The van der Waals surface area contributed by atoms with Crippen LogP contribution in [0.25, 0.3) is 10.8 Å². The molecule has 128 valence electrons. The molecule has 0 aliphatic rings. The molecule has 25 heavy (non-hydrogen) atoms. The molecule has 2 aromatic carbocycles. The predicted octanol–water partition coefficient (Wildman–Crippen LogP) is 5.35. The molecule has 0 spiro atoms. The smallest absolute Gasteiger partial charge is 0.277 e. The van der Waals surface area contributed by atoms with Crippen LogP contribution < -0.4 is 10.2 Å². The second kappa shape index (κ2) is 8.12. The Morgan fingerprint density at radius 1 is 1.24 bits per heavy atom. The molecule has 0 saturated carbocycles. The molecule has 0 unspecified atom stereocenters. The first-order valence-electron chi connectivity index (χ1n) is 7.42. The summed E-state index contributed by atoms with van der Waals surface area (Å²) < 4.78 is 7.46. The van der Waals surface area contributed by atoms with Crippen molar-refractivity contribution in [3.8, 4) is 5.75 Å². The van der Waals surface area contributed by atoms with Crippen molar-refractivity contribution in [2.45, 2.75) is 6.92 Å². The number of hydrazone groups is 1. The number of rotatable bonds is 5. The predicted molar refractivity (Wildman–Crippen MR) is 110 cm³/mol. The third-order valence-electron chi connectivity index (χ3n) is 3.47. The number of halogens is 2. The summed E-state index contributed by atoms with van der Waals surface area (Å²) in [7, 11) is 0. The molecule has 1 N–H and O–H groups in total. The maximum Gasteiger partial charge on any atom is 0.277 e. The number of benzene rings is 2. The van der Waals surface area contributed by atoms with Gasteiger partial charge in [-0.25, -0.2) is 5.43 Å². The molecule has 0 aliphatic carbocycles. The molecule has 7 heteroatoms. The van der Waals surface area contributed by atoms with E-state index < -0.39 is 0 Å². The fourth-order valence-corrected chi connectivity index (χ4v) is 3.88. The van der Waals surface area contributed by atoms with Crippen molar-refractivity contribution in [3.05, 3.63) is 61.7 Å². The van der Waals surface area contributed by atoms with Crippen LogP contribution in [-0.4, -0.2) is 18.2 Å². The van der Waals surface area contributed by atoms with Crippen LogP contribution in [0.15, 0.2) is 61.9 Å². The molecular formula is C18H14Br2N2O2S. The molecule has 1 amide bonds. The van der Waals surface area contributed by atoms with Gasteiger partial charge >= 0.3 is 0 Å². The molecule has 1 aromatic heterocycles. The van der Waals surface area contributed by atoms with E-state index in [1.807, 2.05) is 54.8 Å². The van der Waals surface area contributed by atoms with Crippen LogP contribution in [0.4, 0.5) is 0 Å². The van der Waals surface area contributed by atoms with E-state index in [4.69, 9.17) is 4.74 Å². The van der Waals surface area contributed by atoms with Gasteiger partial charge in [-0.05, 0) is 63.3 Å². The number of fused-ring (bicyclic) bond motifs is 1. The van der Waals surface area contributed by atoms with Crippen LogP contribution in [0.5, 0.6) is 5.75 Å². The maximum atomic E-state index is 11.9. The van der Waals surface area contributed by atoms with Gasteiger partial charge in [0.2, 0.25) is 0 Å². The fraction of sp³-hybridized carbons (Fsp3) is 0.111. The summed E-state index contributed by atoms with van der Waals surface area (Å²) in [4.78, 5) is 13.0. The normalized spacial score (nSPS) is 11.6. The Bertz CT molecular complexity index is 940. The first-order chi connectivity index (χ1) is 12.0. The molecule has 3 aromatic rings. The van der Waals surface area contributed by atoms with E-state index in [0.717, 1.165) is 30.3 Å². The highest BCUT2D eigenvalue weighted by atomic mass is 79.9. The third-order valence-corrected chi connectivity index (χ3v) is 5.76. The van der Waals surface area contributed by atoms with E-state index in [2.05, 4.69) is 42.4 Å². The van der Waals surface area contributed by atoms with Gasteiger partial charge in [-0.1, -0.05) is 34.1 Å². The first-order valence-corrected chi connectivity index (χ1v) is 9.89. The van der Waals surface area contributed by atoms with Crippen molar-refractivity contribution in [2.75, 3.05) is 6.61 Å². The lowest BCUT2D eigenvalue weighted by Crippen LogP contribution is -2.25. The quantitative estimate of drug-likeness (QED) is 0.394. The van der Waals surface area contributed by atoms with Crippen LogP contribution in [0, 0.1) is 0 Å². The molecule has 0 saturated heterocycles. The van der Waals surface area contributed by atoms with E-state index in [1.54, 1.807) is 11.3 Å². The third kappa shape index (κ3) is 4.48. The topological polar surface area (TPSA) is 50.7 Å². The highest BCUT2D eigenvalue weighted by molar-refractivity contribution is 9.11. The number of hydrogen-bond acceptors (Lipinski definition) is 4. The Labute approximate surface area is 166 Å². The van der Waals surface area contributed by atoms with Gasteiger partial charge in [-0.2, -0.15) is 5.10 Å². The van der Waals surface area contributed by atoms with Crippen molar-refractivity contribution in [1.29, 1.82) is 0 Å². The zero-order chi connectivity index (χ0) is 17.8. The van der Waals surface area contributed by atoms with E-state index in [0.29, 0.717) is 5.75 Å². The fourth-order valence-electron chi connectivity index (χ4n) is 2.22. The van der Waals surface area contributed by atoms with Crippen LogP contribution in [0.2, 0.25) is 0 Å². The van der Waals surface area contributed by atoms with Crippen LogP contribution >= 0.6 is 43.2 Å². The van der Waals surface area contributed by atoms with Crippen molar-refractivity contribution in [3.63, 3.8) is 0 Å². The molecular weight excluding hydrogens is 468 g/mol. The van der Waals surface area contributed by atoms with Crippen LogP contribution in [0.3, 0.4) is 0 Å². The van der Waals surface area contributed by atoms with Crippen molar-refractivity contribution < 1.29 is 9.53 Å². The standard InChI is InChI=1S/C18H14Br2N2O2S/c1-11(16-3-2-8-25-16)21-22-17(23)10-24-15-7-4-12-9-13(19)5-6-14(12)18(15)20/h2-9H,10H2,1H3,(H,22,23). The van der Waals surface area contributed by atoms with Gasteiger partial charge in [-0.3, -0.25) is 4.79 Å². The summed E-state index contributed by atoms with van der Waals surface area (Å²) >= 11 is 8.58. The van der Waals surface area contributed by atoms with Gasteiger partial charge in [-0.15, -0.1) is 11.3 Å². The number of thiophene rings is 1.